The summed E-state index contributed by atoms with van der Waals surface area (Å²) in [7, 11) is 2.25. The summed E-state index contributed by atoms with van der Waals surface area (Å²) in [5, 5.41) is 9.85. The molecule has 0 heterocycles. The van der Waals surface area contributed by atoms with Crippen LogP contribution in [-0.4, -0.2) is 36.2 Å². The molecule has 0 bridgehead atoms. The van der Waals surface area contributed by atoms with Crippen LogP contribution in [0.4, 0.5) is 0 Å². The predicted molar refractivity (Wildman–Crippen MR) is 136 cm³/mol. The number of rotatable bonds is 10. The zero-order chi connectivity index (χ0) is 22.9. The Morgan fingerprint density at radius 1 is 0.848 bits per heavy atom. The molecule has 3 aromatic carbocycles. The molecule has 0 saturated heterocycles. The van der Waals surface area contributed by atoms with Gasteiger partial charge in [-0.25, -0.2) is 0 Å². The second kappa shape index (κ2) is 12.0. The topological polar surface area (TPSA) is 32.7 Å². The molecule has 0 spiro atoms. The molecular weight excluding hydrogens is 406 g/mol. The predicted octanol–water partition coefficient (Wildman–Crippen LogP) is 6.39. The maximum Gasteiger partial charge on any atom is 0.119 e. The smallest absolute Gasteiger partial charge is 0.119 e. The van der Waals surface area contributed by atoms with Crippen LogP contribution in [0.2, 0.25) is 0 Å². The average molecular weight is 444 g/mol. The fraction of sp³-hybridized carbons (Fsp3) is 0.400. The van der Waals surface area contributed by atoms with Crippen molar-refractivity contribution in [3.8, 4) is 5.75 Å². The van der Waals surface area contributed by atoms with Gasteiger partial charge < -0.3 is 14.7 Å². The van der Waals surface area contributed by atoms with Crippen LogP contribution in [-0.2, 0) is 6.61 Å². The third-order valence-electron chi connectivity index (χ3n) is 7.24. The normalized spacial score (nSPS) is 19.4. The van der Waals surface area contributed by atoms with E-state index in [4.69, 9.17) is 4.74 Å². The summed E-state index contributed by atoms with van der Waals surface area (Å²) in [6.07, 6.45) is 5.95. The highest BCUT2D eigenvalue weighted by Crippen LogP contribution is 2.35. The van der Waals surface area contributed by atoms with Gasteiger partial charge in [0.15, 0.2) is 0 Å². The van der Waals surface area contributed by atoms with Crippen molar-refractivity contribution in [2.45, 2.75) is 56.6 Å². The summed E-state index contributed by atoms with van der Waals surface area (Å²) in [5.41, 5.74) is 3.87. The molecule has 1 saturated carbocycles. The van der Waals surface area contributed by atoms with E-state index in [2.05, 4.69) is 72.6 Å². The average Bonchev–Trinajstić information content (AvgIpc) is 2.89. The molecule has 1 aliphatic rings. The van der Waals surface area contributed by atoms with Crippen LogP contribution in [0.1, 0.15) is 60.6 Å². The zero-order valence-corrected chi connectivity index (χ0v) is 19.8. The molecule has 1 atom stereocenters. The Kier molecular flexibility index (Phi) is 8.57. The van der Waals surface area contributed by atoms with Crippen LogP contribution in [0.15, 0.2) is 84.9 Å². The number of aliphatic hydroxyl groups is 1. The van der Waals surface area contributed by atoms with Crippen LogP contribution >= 0.6 is 0 Å². The summed E-state index contributed by atoms with van der Waals surface area (Å²) in [5.74, 6) is 1.81. The van der Waals surface area contributed by atoms with Crippen molar-refractivity contribution in [3.63, 3.8) is 0 Å². The Hall–Kier alpha value is -2.62. The molecule has 1 fully saturated rings. The number of benzene rings is 3. The molecule has 1 aliphatic carbocycles. The van der Waals surface area contributed by atoms with E-state index in [0.29, 0.717) is 18.6 Å². The van der Waals surface area contributed by atoms with Gasteiger partial charge in [0.1, 0.15) is 12.4 Å². The van der Waals surface area contributed by atoms with Crippen LogP contribution in [0.25, 0.3) is 0 Å². The summed E-state index contributed by atoms with van der Waals surface area (Å²) >= 11 is 0. The molecule has 3 heteroatoms. The minimum Gasteiger partial charge on any atom is -0.489 e. The Morgan fingerprint density at radius 3 is 2.12 bits per heavy atom. The lowest BCUT2D eigenvalue weighted by Crippen LogP contribution is -2.36. The van der Waals surface area contributed by atoms with Crippen LogP contribution in [0, 0.1) is 0 Å². The van der Waals surface area contributed by atoms with Gasteiger partial charge >= 0.3 is 0 Å². The van der Waals surface area contributed by atoms with E-state index >= 15 is 0 Å². The van der Waals surface area contributed by atoms with E-state index in [0.717, 1.165) is 18.7 Å². The molecule has 0 radical (unpaired) electrons. The molecule has 33 heavy (non-hydrogen) atoms. The first-order valence-electron chi connectivity index (χ1n) is 12.4. The summed E-state index contributed by atoms with van der Waals surface area (Å²) in [4.78, 5) is 2.52. The minimum absolute atomic E-state index is 0.218. The second-order valence-corrected chi connectivity index (χ2v) is 9.41. The number of hydrogen-bond donors (Lipinski definition) is 1. The SMILES string of the molecule is CN(CC[C@H](CO)c1ccccc1)C1CCC(c2ccc(OCc3ccccc3)cc2)CC1. The lowest BCUT2D eigenvalue weighted by Gasteiger charge is -2.35. The zero-order valence-electron chi connectivity index (χ0n) is 19.8. The number of ether oxygens (including phenoxy) is 1. The molecule has 3 nitrogen and oxygen atoms in total. The third kappa shape index (κ3) is 6.69. The van der Waals surface area contributed by atoms with Crippen molar-refractivity contribution in [1.82, 2.24) is 4.90 Å². The quantitative estimate of drug-likeness (QED) is 0.394. The number of nitrogens with zero attached hydrogens (tertiary/aromatic N) is 1. The summed E-state index contributed by atoms with van der Waals surface area (Å²) in [6.45, 7) is 1.86. The van der Waals surface area contributed by atoms with Crippen LogP contribution in [0.5, 0.6) is 5.75 Å². The Balaban J connectivity index is 1.22. The van der Waals surface area contributed by atoms with Gasteiger partial charge in [0.2, 0.25) is 0 Å². The van der Waals surface area contributed by atoms with E-state index in [1.807, 2.05) is 24.3 Å². The van der Waals surface area contributed by atoms with E-state index in [1.165, 1.54) is 42.4 Å². The van der Waals surface area contributed by atoms with Crippen molar-refractivity contribution in [2.24, 2.45) is 0 Å². The third-order valence-corrected chi connectivity index (χ3v) is 7.24. The van der Waals surface area contributed by atoms with Gasteiger partial charge in [-0.1, -0.05) is 72.8 Å². The van der Waals surface area contributed by atoms with Gasteiger partial charge in [-0.15, -0.1) is 0 Å². The Labute approximate surface area is 199 Å². The van der Waals surface area contributed by atoms with Crippen LogP contribution in [0.3, 0.4) is 0 Å². The molecule has 4 rings (SSSR count). The number of aliphatic hydroxyl groups excluding tert-OH is 1. The molecule has 0 amide bonds. The van der Waals surface area contributed by atoms with Crippen molar-refractivity contribution in [3.05, 3.63) is 102 Å². The Bertz CT molecular complexity index is 934. The summed E-state index contributed by atoms with van der Waals surface area (Å²) in [6, 6.07) is 30.1. The summed E-state index contributed by atoms with van der Waals surface area (Å²) < 4.78 is 5.95. The molecule has 0 aromatic heterocycles. The molecular formula is C30H37NO2. The highest BCUT2D eigenvalue weighted by atomic mass is 16.5. The standard InChI is InChI=1S/C30H37NO2/c1-31(21-20-28(22-32)25-10-6-3-7-11-25)29-16-12-26(13-17-29)27-14-18-30(19-15-27)33-23-24-8-4-2-5-9-24/h2-11,14-15,18-19,26,28-29,32H,12-13,16-17,20-23H2,1H3/t26?,28-,29?/m1/s1. The number of hydrogen-bond acceptors (Lipinski definition) is 3. The minimum atomic E-state index is 0.218. The second-order valence-electron chi connectivity index (χ2n) is 9.41. The van der Waals surface area contributed by atoms with E-state index in [1.54, 1.807) is 0 Å². The van der Waals surface area contributed by atoms with Crippen molar-refractivity contribution in [1.29, 1.82) is 0 Å². The molecule has 0 unspecified atom stereocenters. The van der Waals surface area contributed by atoms with Crippen molar-refractivity contribution < 1.29 is 9.84 Å². The highest BCUT2D eigenvalue weighted by molar-refractivity contribution is 5.30. The first-order chi connectivity index (χ1) is 16.2. The lowest BCUT2D eigenvalue weighted by molar-refractivity contribution is 0.168. The van der Waals surface area contributed by atoms with Gasteiger partial charge in [0.25, 0.3) is 0 Å². The van der Waals surface area contributed by atoms with Gasteiger partial charge in [-0.2, -0.15) is 0 Å². The fourth-order valence-corrected chi connectivity index (χ4v) is 5.06. The first kappa shape index (κ1) is 23.5. The Morgan fingerprint density at radius 2 is 1.48 bits per heavy atom. The highest BCUT2D eigenvalue weighted by Gasteiger charge is 2.25. The van der Waals surface area contributed by atoms with Gasteiger partial charge in [-0.3, -0.25) is 0 Å². The first-order valence-corrected chi connectivity index (χ1v) is 12.4. The van der Waals surface area contributed by atoms with Crippen molar-refractivity contribution >= 4 is 0 Å². The fourth-order valence-electron chi connectivity index (χ4n) is 5.06. The maximum absolute atomic E-state index is 9.85. The largest absolute Gasteiger partial charge is 0.489 e. The monoisotopic (exact) mass is 443 g/mol. The van der Waals surface area contributed by atoms with Gasteiger partial charge in [-0.05, 0) is 80.4 Å². The van der Waals surface area contributed by atoms with Gasteiger partial charge in [0.05, 0.1) is 0 Å². The molecule has 0 aliphatic heterocycles. The molecule has 174 valence electrons. The van der Waals surface area contributed by atoms with E-state index in [-0.39, 0.29) is 12.5 Å². The van der Waals surface area contributed by atoms with Crippen LogP contribution < -0.4 is 4.74 Å². The van der Waals surface area contributed by atoms with Gasteiger partial charge in [0, 0.05) is 18.6 Å². The van der Waals surface area contributed by atoms with E-state index in [9.17, 15) is 5.11 Å². The molecule has 1 N–H and O–H groups in total. The maximum atomic E-state index is 9.85. The van der Waals surface area contributed by atoms with Crippen molar-refractivity contribution in [2.75, 3.05) is 20.2 Å². The van der Waals surface area contributed by atoms with E-state index < -0.39 is 0 Å². The molecule has 3 aromatic rings. The lowest BCUT2D eigenvalue weighted by atomic mass is 9.81.